The summed E-state index contributed by atoms with van der Waals surface area (Å²) < 4.78 is 11.8. The van der Waals surface area contributed by atoms with Crippen LogP contribution < -0.4 is 5.32 Å². The van der Waals surface area contributed by atoms with Crippen LogP contribution in [-0.2, 0) is 10.8 Å². The van der Waals surface area contributed by atoms with Crippen molar-refractivity contribution >= 4 is 22.1 Å². The lowest BCUT2D eigenvalue weighted by molar-refractivity contribution is 0.521. The largest absolute Gasteiger partial charge is 0.308 e. The molecule has 0 aliphatic carbocycles. The van der Waals surface area contributed by atoms with E-state index >= 15 is 0 Å². The van der Waals surface area contributed by atoms with Gasteiger partial charge in [-0.25, -0.2) is 0 Å². The molecular formula is C11H17NOS2. The van der Waals surface area contributed by atoms with Gasteiger partial charge in [0.25, 0.3) is 0 Å². The molecule has 2 heterocycles. The van der Waals surface area contributed by atoms with E-state index in [1.807, 2.05) is 0 Å². The van der Waals surface area contributed by atoms with Crippen molar-refractivity contribution in [3.05, 3.63) is 21.9 Å². The van der Waals surface area contributed by atoms with Crippen LogP contribution >= 0.6 is 11.3 Å². The summed E-state index contributed by atoms with van der Waals surface area (Å²) in [5.74, 6) is 2.13. The van der Waals surface area contributed by atoms with E-state index in [-0.39, 0.29) is 0 Å². The average Bonchev–Trinajstić information content (AvgIpc) is 2.51. The van der Waals surface area contributed by atoms with Crippen molar-refractivity contribution in [2.24, 2.45) is 5.92 Å². The average molecular weight is 243 g/mol. The molecule has 1 aliphatic heterocycles. The molecule has 2 nitrogen and oxygen atoms in total. The highest BCUT2D eigenvalue weighted by atomic mass is 32.2. The van der Waals surface area contributed by atoms with Crippen LogP contribution in [0.1, 0.15) is 23.4 Å². The van der Waals surface area contributed by atoms with E-state index in [9.17, 15) is 4.21 Å². The zero-order valence-electron chi connectivity index (χ0n) is 9.16. The van der Waals surface area contributed by atoms with Crippen molar-refractivity contribution < 1.29 is 4.21 Å². The van der Waals surface area contributed by atoms with Gasteiger partial charge in [-0.1, -0.05) is 6.92 Å². The predicted octanol–water partition coefficient (Wildman–Crippen LogP) is 2.09. The molecule has 0 radical (unpaired) electrons. The molecule has 0 bridgehead atoms. The molecule has 0 saturated carbocycles. The fourth-order valence-electron chi connectivity index (χ4n) is 1.94. The molecule has 1 saturated heterocycles. The van der Waals surface area contributed by atoms with E-state index in [0.29, 0.717) is 12.0 Å². The Hall–Kier alpha value is -0.190. The van der Waals surface area contributed by atoms with Gasteiger partial charge in [-0.05, 0) is 36.4 Å². The quantitative estimate of drug-likeness (QED) is 0.818. The van der Waals surface area contributed by atoms with Crippen molar-refractivity contribution in [1.82, 2.24) is 5.32 Å². The molecule has 1 aromatic rings. The fourth-order valence-corrected chi connectivity index (χ4v) is 4.60. The molecule has 1 aliphatic rings. The predicted molar refractivity (Wildman–Crippen MR) is 66.8 cm³/mol. The van der Waals surface area contributed by atoms with Crippen molar-refractivity contribution in [3.63, 3.8) is 0 Å². The summed E-state index contributed by atoms with van der Waals surface area (Å²) in [5.41, 5.74) is 1.32. The zero-order chi connectivity index (χ0) is 10.8. The Labute approximate surface area is 97.5 Å². The Balaban J connectivity index is 2.16. The van der Waals surface area contributed by atoms with Gasteiger partial charge in [-0.15, -0.1) is 11.3 Å². The number of thiophene rings is 1. The van der Waals surface area contributed by atoms with Crippen LogP contribution in [0.15, 0.2) is 11.4 Å². The standard InChI is InChI=1S/C11H17NOS2/c1-8-5-12-10(7-15(13)6-8)11-9(2)3-4-14-11/h3-4,8,10,12H,5-7H2,1-2H3. The summed E-state index contributed by atoms with van der Waals surface area (Å²) in [6.07, 6.45) is 0. The number of nitrogens with one attached hydrogen (secondary N) is 1. The molecule has 15 heavy (non-hydrogen) atoms. The third kappa shape index (κ3) is 2.68. The van der Waals surface area contributed by atoms with Crippen molar-refractivity contribution in [3.8, 4) is 0 Å². The van der Waals surface area contributed by atoms with Crippen LogP contribution in [0.5, 0.6) is 0 Å². The van der Waals surface area contributed by atoms with Gasteiger partial charge in [-0.3, -0.25) is 4.21 Å². The van der Waals surface area contributed by atoms with Gasteiger partial charge >= 0.3 is 0 Å². The Morgan fingerprint density at radius 3 is 3.00 bits per heavy atom. The minimum atomic E-state index is -0.666. The summed E-state index contributed by atoms with van der Waals surface area (Å²) in [6.45, 7) is 5.27. The third-order valence-electron chi connectivity index (χ3n) is 2.75. The van der Waals surface area contributed by atoms with E-state index in [2.05, 4.69) is 30.6 Å². The van der Waals surface area contributed by atoms with E-state index in [0.717, 1.165) is 18.1 Å². The highest BCUT2D eigenvalue weighted by Gasteiger charge is 2.23. The minimum Gasteiger partial charge on any atom is -0.308 e. The molecule has 4 heteroatoms. The Bertz CT molecular complexity index is 361. The topological polar surface area (TPSA) is 29.1 Å². The Morgan fingerprint density at radius 2 is 2.33 bits per heavy atom. The molecule has 0 spiro atoms. The van der Waals surface area contributed by atoms with E-state index < -0.39 is 10.8 Å². The van der Waals surface area contributed by atoms with Crippen LogP contribution in [0.25, 0.3) is 0 Å². The molecule has 2 rings (SSSR count). The second kappa shape index (κ2) is 4.76. The molecule has 1 fully saturated rings. The smallest absolute Gasteiger partial charge is 0.0534 e. The van der Waals surface area contributed by atoms with Crippen molar-refractivity contribution in [1.29, 1.82) is 0 Å². The first kappa shape index (κ1) is 11.3. The first-order chi connectivity index (χ1) is 7.16. The lowest BCUT2D eigenvalue weighted by Crippen LogP contribution is -2.25. The lowest BCUT2D eigenvalue weighted by Gasteiger charge is -2.15. The zero-order valence-corrected chi connectivity index (χ0v) is 10.8. The summed E-state index contributed by atoms with van der Waals surface area (Å²) >= 11 is 1.77. The first-order valence-electron chi connectivity index (χ1n) is 5.29. The maximum atomic E-state index is 11.8. The maximum Gasteiger partial charge on any atom is 0.0534 e. The van der Waals surface area contributed by atoms with E-state index in [1.165, 1.54) is 10.4 Å². The molecule has 0 amide bonds. The number of rotatable bonds is 1. The molecule has 1 aromatic heterocycles. The Kier molecular flexibility index (Phi) is 3.59. The molecule has 3 atom stereocenters. The van der Waals surface area contributed by atoms with Crippen LogP contribution in [0, 0.1) is 12.8 Å². The summed E-state index contributed by atoms with van der Waals surface area (Å²) in [5, 5.41) is 5.64. The fraction of sp³-hybridized carbons (Fsp3) is 0.636. The lowest BCUT2D eigenvalue weighted by atomic mass is 10.1. The molecule has 3 unspecified atom stereocenters. The van der Waals surface area contributed by atoms with Gasteiger partial charge in [0.05, 0.1) is 6.04 Å². The van der Waals surface area contributed by atoms with Gasteiger partial charge in [0.15, 0.2) is 0 Å². The van der Waals surface area contributed by atoms with E-state index in [4.69, 9.17) is 0 Å². The molecular weight excluding hydrogens is 226 g/mol. The third-order valence-corrected chi connectivity index (χ3v) is 5.53. The highest BCUT2D eigenvalue weighted by Crippen LogP contribution is 2.26. The summed E-state index contributed by atoms with van der Waals surface area (Å²) in [7, 11) is -0.666. The van der Waals surface area contributed by atoms with Crippen molar-refractivity contribution in [2.45, 2.75) is 19.9 Å². The van der Waals surface area contributed by atoms with Crippen LogP contribution in [0.4, 0.5) is 0 Å². The normalized spacial score (nSPS) is 32.5. The van der Waals surface area contributed by atoms with E-state index in [1.54, 1.807) is 11.3 Å². The van der Waals surface area contributed by atoms with Gasteiger partial charge in [0.1, 0.15) is 0 Å². The number of hydrogen-bond donors (Lipinski definition) is 1. The second-order valence-corrected chi connectivity index (χ2v) is 6.80. The molecule has 84 valence electrons. The van der Waals surface area contributed by atoms with Gasteiger partial charge in [0, 0.05) is 27.2 Å². The molecule has 1 N–H and O–H groups in total. The number of hydrogen-bond acceptors (Lipinski definition) is 3. The van der Waals surface area contributed by atoms with Crippen LogP contribution in [-0.4, -0.2) is 22.3 Å². The summed E-state index contributed by atoms with van der Waals surface area (Å²) in [4.78, 5) is 1.36. The second-order valence-electron chi connectivity index (χ2n) is 4.31. The maximum absolute atomic E-state index is 11.8. The van der Waals surface area contributed by atoms with Crippen LogP contribution in [0.2, 0.25) is 0 Å². The SMILES string of the molecule is Cc1ccsc1C1CS(=O)CC(C)CN1. The molecule has 0 aromatic carbocycles. The summed E-state index contributed by atoms with van der Waals surface area (Å²) in [6, 6.07) is 2.44. The number of aryl methyl sites for hydroxylation is 1. The minimum absolute atomic E-state index is 0.302. The monoisotopic (exact) mass is 243 g/mol. The van der Waals surface area contributed by atoms with Gasteiger partial charge in [0.2, 0.25) is 0 Å². The van der Waals surface area contributed by atoms with Gasteiger partial charge in [-0.2, -0.15) is 0 Å². The van der Waals surface area contributed by atoms with Crippen molar-refractivity contribution in [2.75, 3.05) is 18.1 Å². The van der Waals surface area contributed by atoms with Crippen LogP contribution in [0.3, 0.4) is 0 Å². The highest BCUT2D eigenvalue weighted by molar-refractivity contribution is 7.85. The first-order valence-corrected chi connectivity index (χ1v) is 7.66. The Morgan fingerprint density at radius 1 is 1.53 bits per heavy atom. The van der Waals surface area contributed by atoms with Gasteiger partial charge < -0.3 is 5.32 Å².